The molecule has 1 aliphatic rings. The fourth-order valence-electron chi connectivity index (χ4n) is 2.20. The van der Waals surface area contributed by atoms with E-state index >= 15 is 0 Å². The largest absolute Gasteiger partial charge is 0.506 e. The lowest BCUT2D eigenvalue weighted by Gasteiger charge is -2.26. The van der Waals surface area contributed by atoms with E-state index in [0.29, 0.717) is 19.0 Å². The summed E-state index contributed by atoms with van der Waals surface area (Å²) < 4.78 is 37.8. The lowest BCUT2D eigenvalue weighted by atomic mass is 10.1. The lowest BCUT2D eigenvalue weighted by Crippen LogP contribution is -2.40. The number of amides is 2. The molecule has 0 spiro atoms. The number of phenols is 1. The third kappa shape index (κ3) is 3.90. The van der Waals surface area contributed by atoms with Crippen LogP contribution in [0, 0.1) is 0 Å². The van der Waals surface area contributed by atoms with Crippen molar-refractivity contribution < 1.29 is 27.9 Å². The van der Waals surface area contributed by atoms with Gasteiger partial charge >= 0.3 is 6.18 Å². The second kappa shape index (κ2) is 6.25. The van der Waals surface area contributed by atoms with E-state index in [2.05, 4.69) is 5.32 Å². The molecule has 22 heavy (non-hydrogen) atoms. The molecule has 1 aromatic rings. The Bertz CT molecular complexity index is 587. The Kier molecular flexibility index (Phi) is 4.58. The predicted octanol–water partition coefficient (Wildman–Crippen LogP) is 2.36. The lowest BCUT2D eigenvalue weighted by molar-refractivity contribution is -0.137. The summed E-state index contributed by atoms with van der Waals surface area (Å²) in [6, 6.07) is 2.24. The number of anilines is 1. The standard InChI is InChI=1S/C14H15F3N2O3/c15-14(16,17)9-4-5-11(20)10(7-9)18-12(21)8-19-6-2-1-3-13(19)22/h4-5,7,20H,1-3,6,8H2,(H,18,21). The van der Waals surface area contributed by atoms with E-state index in [-0.39, 0.29) is 18.1 Å². The summed E-state index contributed by atoms with van der Waals surface area (Å²) in [6.45, 7) is 0.204. The van der Waals surface area contributed by atoms with Crippen LogP contribution >= 0.6 is 0 Å². The molecule has 2 amide bonds. The number of hydrogen-bond donors (Lipinski definition) is 2. The highest BCUT2D eigenvalue weighted by Gasteiger charge is 2.31. The second-order valence-electron chi connectivity index (χ2n) is 5.05. The average molecular weight is 316 g/mol. The number of phenolic OH excluding ortho intramolecular Hbond substituents is 1. The average Bonchev–Trinajstić information content (AvgIpc) is 2.42. The topological polar surface area (TPSA) is 69.6 Å². The zero-order valence-corrected chi connectivity index (χ0v) is 11.6. The van der Waals surface area contributed by atoms with Gasteiger partial charge in [-0.2, -0.15) is 13.2 Å². The maximum Gasteiger partial charge on any atom is 0.416 e. The Morgan fingerprint density at radius 2 is 2.05 bits per heavy atom. The summed E-state index contributed by atoms with van der Waals surface area (Å²) in [5.74, 6) is -1.27. The van der Waals surface area contributed by atoms with Crippen molar-refractivity contribution in [1.29, 1.82) is 0 Å². The van der Waals surface area contributed by atoms with Gasteiger partial charge in [-0.15, -0.1) is 0 Å². The van der Waals surface area contributed by atoms with Gasteiger partial charge in [-0.25, -0.2) is 0 Å². The van der Waals surface area contributed by atoms with Crippen molar-refractivity contribution in [1.82, 2.24) is 4.90 Å². The second-order valence-corrected chi connectivity index (χ2v) is 5.05. The van der Waals surface area contributed by atoms with E-state index in [4.69, 9.17) is 0 Å². The van der Waals surface area contributed by atoms with E-state index in [0.717, 1.165) is 25.0 Å². The van der Waals surface area contributed by atoms with E-state index in [1.54, 1.807) is 0 Å². The molecular weight excluding hydrogens is 301 g/mol. The molecule has 5 nitrogen and oxygen atoms in total. The van der Waals surface area contributed by atoms with Crippen molar-refractivity contribution in [3.63, 3.8) is 0 Å². The van der Waals surface area contributed by atoms with Gasteiger partial charge in [0, 0.05) is 13.0 Å². The minimum atomic E-state index is -4.57. The van der Waals surface area contributed by atoms with Crippen LogP contribution in [0.4, 0.5) is 18.9 Å². The van der Waals surface area contributed by atoms with Crippen molar-refractivity contribution >= 4 is 17.5 Å². The number of rotatable bonds is 3. The van der Waals surface area contributed by atoms with Crippen LogP contribution in [0.3, 0.4) is 0 Å². The van der Waals surface area contributed by atoms with Crippen LogP contribution in [0.2, 0.25) is 0 Å². The van der Waals surface area contributed by atoms with Gasteiger partial charge in [-0.1, -0.05) is 0 Å². The molecular formula is C14H15F3N2O3. The van der Waals surface area contributed by atoms with Gasteiger partial charge in [0.1, 0.15) is 5.75 Å². The molecule has 0 radical (unpaired) electrons. The number of likely N-dealkylation sites (tertiary alicyclic amines) is 1. The summed E-state index contributed by atoms with van der Waals surface area (Å²) in [5.41, 5.74) is -1.31. The van der Waals surface area contributed by atoms with Crippen LogP contribution in [0.1, 0.15) is 24.8 Å². The molecule has 1 fully saturated rings. The molecule has 0 atom stereocenters. The molecule has 8 heteroatoms. The number of aromatic hydroxyl groups is 1. The smallest absolute Gasteiger partial charge is 0.416 e. The highest BCUT2D eigenvalue weighted by molar-refractivity contribution is 5.95. The van der Waals surface area contributed by atoms with Crippen molar-refractivity contribution in [2.24, 2.45) is 0 Å². The molecule has 0 aliphatic carbocycles. The van der Waals surface area contributed by atoms with Crippen LogP contribution in [0.25, 0.3) is 0 Å². The summed E-state index contributed by atoms with van der Waals surface area (Å²) in [6.07, 6.45) is -2.66. The van der Waals surface area contributed by atoms with Gasteiger partial charge in [-0.3, -0.25) is 9.59 Å². The number of nitrogens with one attached hydrogen (secondary N) is 1. The summed E-state index contributed by atoms with van der Waals surface area (Å²) in [7, 11) is 0. The fraction of sp³-hybridized carbons (Fsp3) is 0.429. The first-order valence-electron chi connectivity index (χ1n) is 6.75. The zero-order valence-electron chi connectivity index (χ0n) is 11.6. The zero-order chi connectivity index (χ0) is 16.3. The molecule has 1 aromatic carbocycles. The van der Waals surface area contributed by atoms with E-state index in [1.807, 2.05) is 0 Å². The van der Waals surface area contributed by atoms with E-state index < -0.39 is 23.4 Å². The Labute approximate surface area is 124 Å². The van der Waals surface area contributed by atoms with Crippen LogP contribution in [-0.4, -0.2) is 34.9 Å². The monoisotopic (exact) mass is 316 g/mol. The number of alkyl halides is 3. The molecule has 1 aliphatic heterocycles. The predicted molar refractivity (Wildman–Crippen MR) is 72.2 cm³/mol. The molecule has 0 saturated carbocycles. The van der Waals surface area contributed by atoms with Gasteiger partial charge in [0.15, 0.2) is 0 Å². The van der Waals surface area contributed by atoms with Crippen LogP contribution in [-0.2, 0) is 15.8 Å². The number of carbonyl (C=O) groups is 2. The SMILES string of the molecule is O=C(CN1CCCCC1=O)Nc1cc(C(F)(F)F)ccc1O. The van der Waals surface area contributed by atoms with Gasteiger partial charge in [0.2, 0.25) is 11.8 Å². The fourth-order valence-corrected chi connectivity index (χ4v) is 2.20. The number of halogens is 3. The summed E-state index contributed by atoms with van der Waals surface area (Å²) >= 11 is 0. The van der Waals surface area contributed by atoms with Gasteiger partial charge in [0.25, 0.3) is 0 Å². The minimum absolute atomic E-state index is 0.158. The number of carbonyl (C=O) groups excluding carboxylic acids is 2. The van der Waals surface area contributed by atoms with Crippen molar-refractivity contribution in [3.8, 4) is 5.75 Å². The normalized spacial score (nSPS) is 15.8. The Morgan fingerprint density at radius 1 is 1.32 bits per heavy atom. The van der Waals surface area contributed by atoms with Crippen molar-refractivity contribution in [3.05, 3.63) is 23.8 Å². The molecule has 1 heterocycles. The number of piperidine rings is 1. The van der Waals surface area contributed by atoms with Crippen LogP contribution in [0.5, 0.6) is 5.75 Å². The first-order chi connectivity index (χ1) is 10.3. The third-order valence-electron chi connectivity index (χ3n) is 3.35. The van der Waals surface area contributed by atoms with Crippen molar-refractivity contribution in [2.45, 2.75) is 25.4 Å². The summed E-state index contributed by atoms with van der Waals surface area (Å²) in [4.78, 5) is 24.8. The summed E-state index contributed by atoms with van der Waals surface area (Å²) in [5, 5.41) is 11.8. The molecule has 2 rings (SSSR count). The first kappa shape index (κ1) is 16.1. The highest BCUT2D eigenvalue weighted by atomic mass is 19.4. The Hall–Kier alpha value is -2.25. The van der Waals surface area contributed by atoms with Crippen molar-refractivity contribution in [2.75, 3.05) is 18.4 Å². The van der Waals surface area contributed by atoms with Gasteiger partial charge in [0.05, 0.1) is 17.8 Å². The number of benzene rings is 1. The van der Waals surface area contributed by atoms with Crippen LogP contribution < -0.4 is 5.32 Å². The van der Waals surface area contributed by atoms with Gasteiger partial charge in [-0.05, 0) is 31.0 Å². The molecule has 1 saturated heterocycles. The number of nitrogens with zero attached hydrogens (tertiary/aromatic N) is 1. The maximum atomic E-state index is 12.6. The quantitative estimate of drug-likeness (QED) is 0.841. The highest BCUT2D eigenvalue weighted by Crippen LogP contribution is 2.34. The van der Waals surface area contributed by atoms with Crippen LogP contribution in [0.15, 0.2) is 18.2 Å². The first-order valence-corrected chi connectivity index (χ1v) is 6.75. The maximum absolute atomic E-state index is 12.6. The Morgan fingerprint density at radius 3 is 2.68 bits per heavy atom. The molecule has 0 aromatic heterocycles. The van der Waals surface area contributed by atoms with E-state index in [9.17, 15) is 27.9 Å². The molecule has 0 bridgehead atoms. The molecule has 0 unspecified atom stereocenters. The van der Waals surface area contributed by atoms with Gasteiger partial charge < -0.3 is 15.3 Å². The molecule has 120 valence electrons. The Balaban J connectivity index is 2.06. The minimum Gasteiger partial charge on any atom is -0.506 e. The third-order valence-corrected chi connectivity index (χ3v) is 3.35. The van der Waals surface area contributed by atoms with E-state index in [1.165, 1.54) is 4.90 Å². The number of hydrogen-bond acceptors (Lipinski definition) is 3. The molecule has 2 N–H and O–H groups in total.